The van der Waals surface area contributed by atoms with Crippen molar-refractivity contribution < 1.29 is 14.0 Å². The van der Waals surface area contributed by atoms with Gasteiger partial charge in [-0.3, -0.25) is 9.59 Å². The zero-order valence-corrected chi connectivity index (χ0v) is 12.5. The van der Waals surface area contributed by atoms with Gasteiger partial charge in [0.2, 0.25) is 5.91 Å². The summed E-state index contributed by atoms with van der Waals surface area (Å²) in [5, 5.41) is 5.83. The number of nitrogens with two attached hydrogens (primary N) is 1. The Morgan fingerprint density at radius 3 is 2.68 bits per heavy atom. The van der Waals surface area contributed by atoms with E-state index in [1.165, 1.54) is 6.26 Å². The molecule has 1 aromatic carbocycles. The number of benzene rings is 1. The van der Waals surface area contributed by atoms with Gasteiger partial charge >= 0.3 is 0 Å². The summed E-state index contributed by atoms with van der Waals surface area (Å²) in [6.07, 6.45) is 2.29. The molecule has 4 N–H and O–H groups in total. The van der Waals surface area contributed by atoms with Crippen molar-refractivity contribution in [3.63, 3.8) is 0 Å². The molecule has 22 heavy (non-hydrogen) atoms. The Kier molecular flexibility index (Phi) is 5.57. The number of carbonyl (C=O) groups excluding carboxylic acids is 2. The van der Waals surface area contributed by atoms with Crippen LogP contribution in [0.3, 0.4) is 0 Å². The van der Waals surface area contributed by atoms with Crippen molar-refractivity contribution in [3.05, 3.63) is 47.4 Å². The van der Waals surface area contributed by atoms with Crippen LogP contribution >= 0.6 is 11.6 Å². The maximum Gasteiger partial charge on any atom is 0.291 e. The van der Waals surface area contributed by atoms with Gasteiger partial charge in [0.15, 0.2) is 5.76 Å². The summed E-state index contributed by atoms with van der Waals surface area (Å²) < 4.78 is 5.03. The minimum Gasteiger partial charge on any atom is -0.459 e. The molecule has 0 saturated heterocycles. The topological polar surface area (TPSA) is 97.4 Å². The van der Waals surface area contributed by atoms with Gasteiger partial charge in [0.1, 0.15) is 0 Å². The predicted molar refractivity (Wildman–Crippen MR) is 85.0 cm³/mol. The van der Waals surface area contributed by atoms with E-state index >= 15 is 0 Å². The third kappa shape index (κ3) is 4.34. The highest BCUT2D eigenvalue weighted by Gasteiger charge is 2.13. The van der Waals surface area contributed by atoms with Crippen molar-refractivity contribution in [2.24, 2.45) is 5.73 Å². The lowest BCUT2D eigenvalue weighted by molar-refractivity contribution is -0.116. The van der Waals surface area contributed by atoms with E-state index < -0.39 is 5.91 Å². The quantitative estimate of drug-likeness (QED) is 0.762. The van der Waals surface area contributed by atoms with Crippen molar-refractivity contribution in [2.45, 2.75) is 12.8 Å². The summed E-state index contributed by atoms with van der Waals surface area (Å²) in [7, 11) is 0. The fourth-order valence-electron chi connectivity index (χ4n) is 1.80. The van der Waals surface area contributed by atoms with Gasteiger partial charge in [-0.15, -0.1) is 0 Å². The molecule has 6 nitrogen and oxygen atoms in total. The Morgan fingerprint density at radius 2 is 2.00 bits per heavy atom. The summed E-state index contributed by atoms with van der Waals surface area (Å²) in [6.45, 7) is 0.436. The van der Waals surface area contributed by atoms with Crippen molar-refractivity contribution in [2.75, 3.05) is 17.2 Å². The van der Waals surface area contributed by atoms with E-state index in [-0.39, 0.29) is 11.7 Å². The standard InChI is InChI=1S/C15H16ClN3O3/c16-10-5-6-11(19-15(21)13-3-2-8-22-13)12(9-10)18-14(20)4-1-7-17/h2-3,5-6,8-9H,1,4,7,17H2,(H,18,20)(H,19,21). The van der Waals surface area contributed by atoms with Gasteiger partial charge in [0.25, 0.3) is 5.91 Å². The molecule has 0 aliphatic carbocycles. The van der Waals surface area contributed by atoms with E-state index in [0.717, 1.165) is 0 Å². The molecule has 116 valence electrons. The Balaban J connectivity index is 2.13. The van der Waals surface area contributed by atoms with Gasteiger partial charge in [0.05, 0.1) is 17.6 Å². The molecule has 0 unspecified atom stereocenters. The van der Waals surface area contributed by atoms with Crippen LogP contribution in [0.1, 0.15) is 23.4 Å². The van der Waals surface area contributed by atoms with Crippen LogP contribution in [0.5, 0.6) is 0 Å². The first-order chi connectivity index (χ1) is 10.6. The maximum absolute atomic E-state index is 12.0. The van der Waals surface area contributed by atoms with E-state index in [9.17, 15) is 9.59 Å². The number of anilines is 2. The number of amides is 2. The van der Waals surface area contributed by atoms with Crippen LogP contribution in [0, 0.1) is 0 Å². The van der Waals surface area contributed by atoms with Crippen LogP contribution in [0.2, 0.25) is 5.02 Å². The zero-order chi connectivity index (χ0) is 15.9. The normalized spacial score (nSPS) is 10.3. The second-order valence-corrected chi connectivity index (χ2v) is 5.00. The molecule has 1 heterocycles. The molecule has 0 bridgehead atoms. The second-order valence-electron chi connectivity index (χ2n) is 4.56. The Hall–Kier alpha value is -2.31. The van der Waals surface area contributed by atoms with Gasteiger partial charge in [-0.1, -0.05) is 11.6 Å². The minimum absolute atomic E-state index is 0.176. The first-order valence-corrected chi connectivity index (χ1v) is 7.12. The van der Waals surface area contributed by atoms with Crippen LogP contribution in [-0.4, -0.2) is 18.4 Å². The summed E-state index contributed by atoms with van der Waals surface area (Å²) >= 11 is 5.94. The monoisotopic (exact) mass is 321 g/mol. The predicted octanol–water partition coefficient (Wildman–Crippen LogP) is 2.86. The molecule has 0 aliphatic heterocycles. The summed E-state index contributed by atoms with van der Waals surface area (Å²) in [6, 6.07) is 7.97. The van der Waals surface area contributed by atoms with Crippen molar-refractivity contribution >= 4 is 34.8 Å². The number of hydrogen-bond acceptors (Lipinski definition) is 4. The molecule has 2 rings (SSSR count). The number of rotatable bonds is 6. The van der Waals surface area contributed by atoms with E-state index in [2.05, 4.69) is 10.6 Å². The highest BCUT2D eigenvalue weighted by atomic mass is 35.5. The molecule has 0 atom stereocenters. The highest BCUT2D eigenvalue weighted by Crippen LogP contribution is 2.26. The number of carbonyl (C=O) groups is 2. The maximum atomic E-state index is 12.0. The average molecular weight is 322 g/mol. The van der Waals surface area contributed by atoms with E-state index in [1.54, 1.807) is 30.3 Å². The third-order valence-corrected chi connectivity index (χ3v) is 3.09. The van der Waals surface area contributed by atoms with Crippen molar-refractivity contribution in [1.82, 2.24) is 0 Å². The first-order valence-electron chi connectivity index (χ1n) is 6.74. The van der Waals surface area contributed by atoms with Gasteiger partial charge in [0, 0.05) is 11.4 Å². The molecule has 7 heteroatoms. The lowest BCUT2D eigenvalue weighted by Crippen LogP contribution is -2.17. The molecule has 0 spiro atoms. The minimum atomic E-state index is -0.412. The molecule has 0 fully saturated rings. The molecule has 1 aromatic heterocycles. The van der Waals surface area contributed by atoms with Gasteiger partial charge in [-0.2, -0.15) is 0 Å². The lowest BCUT2D eigenvalue weighted by atomic mass is 10.2. The van der Waals surface area contributed by atoms with Gasteiger partial charge in [-0.25, -0.2) is 0 Å². The zero-order valence-electron chi connectivity index (χ0n) is 11.8. The van der Waals surface area contributed by atoms with Crippen LogP contribution < -0.4 is 16.4 Å². The van der Waals surface area contributed by atoms with Crippen LogP contribution in [0.15, 0.2) is 41.0 Å². The molecular weight excluding hydrogens is 306 g/mol. The number of hydrogen-bond donors (Lipinski definition) is 3. The fourth-order valence-corrected chi connectivity index (χ4v) is 1.97. The fraction of sp³-hybridized carbons (Fsp3) is 0.200. The molecular formula is C15H16ClN3O3. The molecule has 2 aromatic rings. The smallest absolute Gasteiger partial charge is 0.291 e. The van der Waals surface area contributed by atoms with Crippen LogP contribution in [0.25, 0.3) is 0 Å². The first kappa shape index (κ1) is 16.1. The van der Waals surface area contributed by atoms with E-state index in [1.807, 2.05) is 0 Å². The number of furan rings is 1. The van der Waals surface area contributed by atoms with Crippen LogP contribution in [0.4, 0.5) is 11.4 Å². The lowest BCUT2D eigenvalue weighted by Gasteiger charge is -2.12. The summed E-state index contributed by atoms with van der Waals surface area (Å²) in [4.78, 5) is 23.8. The van der Waals surface area contributed by atoms with Gasteiger partial charge in [-0.05, 0) is 43.3 Å². The Bertz CT molecular complexity index is 656. The summed E-state index contributed by atoms with van der Waals surface area (Å²) in [5.74, 6) is -0.429. The van der Waals surface area contributed by atoms with Crippen molar-refractivity contribution in [3.8, 4) is 0 Å². The highest BCUT2D eigenvalue weighted by molar-refractivity contribution is 6.31. The van der Waals surface area contributed by atoms with Crippen LogP contribution in [-0.2, 0) is 4.79 Å². The second kappa shape index (κ2) is 7.63. The molecule has 2 amide bonds. The van der Waals surface area contributed by atoms with E-state index in [0.29, 0.717) is 35.8 Å². The third-order valence-electron chi connectivity index (χ3n) is 2.86. The average Bonchev–Trinajstić information content (AvgIpc) is 3.02. The SMILES string of the molecule is NCCCC(=O)Nc1cc(Cl)ccc1NC(=O)c1ccco1. The number of halogens is 1. The van der Waals surface area contributed by atoms with Crippen molar-refractivity contribution in [1.29, 1.82) is 0 Å². The Morgan fingerprint density at radius 1 is 1.18 bits per heavy atom. The Labute approximate surface area is 132 Å². The summed E-state index contributed by atoms with van der Waals surface area (Å²) in [5.41, 5.74) is 6.24. The number of nitrogens with one attached hydrogen (secondary N) is 2. The van der Waals surface area contributed by atoms with Gasteiger partial charge < -0.3 is 20.8 Å². The largest absolute Gasteiger partial charge is 0.459 e. The molecule has 0 radical (unpaired) electrons. The van der Waals surface area contributed by atoms with E-state index in [4.69, 9.17) is 21.8 Å². The molecule has 0 saturated carbocycles. The molecule has 0 aliphatic rings.